The fourth-order valence-corrected chi connectivity index (χ4v) is 4.10. The van der Waals surface area contributed by atoms with E-state index in [1.165, 1.54) is 17.0 Å². The lowest BCUT2D eigenvalue weighted by Gasteiger charge is -2.37. The summed E-state index contributed by atoms with van der Waals surface area (Å²) < 4.78 is 14.1. The molecule has 2 aromatic rings. The van der Waals surface area contributed by atoms with Crippen LogP contribution < -0.4 is 5.73 Å². The minimum atomic E-state index is -0.374. The van der Waals surface area contributed by atoms with Gasteiger partial charge in [-0.15, -0.1) is 11.3 Å². The Morgan fingerprint density at radius 3 is 2.95 bits per heavy atom. The first-order valence-electron chi connectivity index (χ1n) is 6.56. The molecule has 0 fully saturated rings. The van der Waals surface area contributed by atoms with Crippen molar-refractivity contribution in [2.75, 3.05) is 6.54 Å². The topological polar surface area (TPSA) is 41.6 Å². The van der Waals surface area contributed by atoms with Crippen molar-refractivity contribution in [2.24, 2.45) is 10.7 Å². The third-order valence-corrected chi connectivity index (χ3v) is 5.34. The van der Waals surface area contributed by atoms with Crippen LogP contribution in [0.3, 0.4) is 0 Å². The molecule has 1 aliphatic rings. The van der Waals surface area contributed by atoms with Gasteiger partial charge in [0.1, 0.15) is 5.82 Å². The highest BCUT2D eigenvalue weighted by Crippen LogP contribution is 2.38. The van der Waals surface area contributed by atoms with Crippen molar-refractivity contribution in [3.63, 3.8) is 0 Å². The Hall–Kier alpha value is -1.40. The first-order valence-corrected chi connectivity index (χ1v) is 8.23. The summed E-state index contributed by atoms with van der Waals surface area (Å²) in [5.74, 6) is 0.271. The second kappa shape index (κ2) is 5.42. The van der Waals surface area contributed by atoms with Gasteiger partial charge >= 0.3 is 0 Å². The zero-order valence-electron chi connectivity index (χ0n) is 11.5. The van der Waals surface area contributed by atoms with Crippen molar-refractivity contribution in [3.05, 3.63) is 56.4 Å². The highest BCUT2D eigenvalue weighted by Gasteiger charge is 2.40. The molecule has 0 spiro atoms. The van der Waals surface area contributed by atoms with E-state index in [0.29, 0.717) is 19.0 Å². The van der Waals surface area contributed by atoms with Crippen LogP contribution in [-0.2, 0) is 12.1 Å². The fourth-order valence-electron chi connectivity index (χ4n) is 2.63. The molecule has 0 saturated carbocycles. The van der Waals surface area contributed by atoms with E-state index in [9.17, 15) is 4.39 Å². The highest BCUT2D eigenvalue weighted by molar-refractivity contribution is 9.10. The van der Waals surface area contributed by atoms with Crippen LogP contribution >= 0.6 is 27.3 Å². The summed E-state index contributed by atoms with van der Waals surface area (Å²) in [6, 6.07) is 8.86. The predicted octanol–water partition coefficient (Wildman–Crippen LogP) is 3.70. The number of rotatable bonds is 3. The molecule has 0 amide bonds. The van der Waals surface area contributed by atoms with Gasteiger partial charge in [-0.3, -0.25) is 4.99 Å². The van der Waals surface area contributed by atoms with Gasteiger partial charge in [0.25, 0.3) is 0 Å². The van der Waals surface area contributed by atoms with Gasteiger partial charge in [0.15, 0.2) is 5.96 Å². The van der Waals surface area contributed by atoms with E-state index in [-0.39, 0.29) is 11.4 Å². The zero-order valence-corrected chi connectivity index (χ0v) is 13.9. The van der Waals surface area contributed by atoms with Crippen molar-refractivity contribution < 1.29 is 4.39 Å². The van der Waals surface area contributed by atoms with E-state index >= 15 is 0 Å². The molecule has 3 nitrogen and oxygen atoms in total. The molecule has 2 N–H and O–H groups in total. The largest absolute Gasteiger partial charge is 0.370 e. The van der Waals surface area contributed by atoms with Crippen molar-refractivity contribution in [2.45, 2.75) is 19.0 Å². The summed E-state index contributed by atoms with van der Waals surface area (Å²) in [6.45, 7) is 3.35. The summed E-state index contributed by atoms with van der Waals surface area (Å²) in [5.41, 5.74) is 6.70. The van der Waals surface area contributed by atoms with Crippen molar-refractivity contribution >= 4 is 33.2 Å². The van der Waals surface area contributed by atoms with Crippen LogP contribution in [0.1, 0.15) is 17.4 Å². The molecule has 1 aliphatic heterocycles. The lowest BCUT2D eigenvalue weighted by Crippen LogP contribution is -2.46. The zero-order chi connectivity index (χ0) is 15.0. The van der Waals surface area contributed by atoms with E-state index in [4.69, 9.17) is 5.73 Å². The summed E-state index contributed by atoms with van der Waals surface area (Å²) in [7, 11) is 0. The maximum atomic E-state index is 13.3. The Morgan fingerprint density at radius 2 is 2.29 bits per heavy atom. The average molecular weight is 368 g/mol. The Balaban J connectivity index is 1.98. The Kier molecular flexibility index (Phi) is 3.75. The molecule has 0 bridgehead atoms. The molecular weight excluding hydrogens is 353 g/mol. The first-order chi connectivity index (χ1) is 10.0. The Bertz CT molecular complexity index is 686. The van der Waals surface area contributed by atoms with Gasteiger partial charge < -0.3 is 10.6 Å². The van der Waals surface area contributed by atoms with Crippen molar-refractivity contribution in [1.29, 1.82) is 0 Å². The van der Waals surface area contributed by atoms with E-state index < -0.39 is 0 Å². The van der Waals surface area contributed by atoms with Gasteiger partial charge in [-0.2, -0.15) is 0 Å². The molecule has 0 aliphatic carbocycles. The van der Waals surface area contributed by atoms with Gasteiger partial charge in [0, 0.05) is 9.35 Å². The number of halogens is 2. The van der Waals surface area contributed by atoms with Gasteiger partial charge in [-0.25, -0.2) is 4.39 Å². The first kappa shape index (κ1) is 14.5. The molecular formula is C15H15BrFN3S. The second-order valence-electron chi connectivity index (χ2n) is 5.24. The Labute approximate surface area is 135 Å². The van der Waals surface area contributed by atoms with Crippen LogP contribution in [0.2, 0.25) is 0 Å². The molecule has 21 heavy (non-hydrogen) atoms. The highest BCUT2D eigenvalue weighted by atomic mass is 79.9. The van der Waals surface area contributed by atoms with E-state index in [0.717, 1.165) is 10.0 Å². The van der Waals surface area contributed by atoms with Crippen LogP contribution in [0, 0.1) is 5.82 Å². The van der Waals surface area contributed by atoms with Crippen molar-refractivity contribution in [1.82, 2.24) is 4.90 Å². The monoisotopic (exact) mass is 367 g/mol. The number of guanidine groups is 1. The molecule has 6 heteroatoms. The number of nitrogens with two attached hydrogens (primary N) is 1. The molecule has 110 valence electrons. The SMILES string of the molecule is CC1(c2ccc(F)cc2Br)CN=C(N)N1Cc1cccs1. The standard InChI is InChI=1S/C15H15BrFN3S/c1-15(12-5-4-10(17)7-13(12)16)9-19-14(18)20(15)8-11-3-2-6-21-11/h2-7H,8-9H2,1H3,(H2,18,19). The Morgan fingerprint density at radius 1 is 1.48 bits per heavy atom. The van der Waals surface area contributed by atoms with Crippen molar-refractivity contribution in [3.8, 4) is 0 Å². The molecule has 2 heterocycles. The summed E-state index contributed by atoms with van der Waals surface area (Å²) in [5, 5.41) is 2.05. The van der Waals surface area contributed by atoms with Gasteiger partial charge in [0.2, 0.25) is 0 Å². The van der Waals surface area contributed by atoms with Gasteiger partial charge in [-0.05, 0) is 36.1 Å². The number of benzene rings is 1. The number of aliphatic imine (C=N–C) groups is 1. The van der Waals surface area contributed by atoms with Gasteiger partial charge in [-0.1, -0.05) is 28.1 Å². The molecule has 1 aromatic heterocycles. The lowest BCUT2D eigenvalue weighted by molar-refractivity contribution is 0.218. The lowest BCUT2D eigenvalue weighted by atomic mass is 9.91. The molecule has 1 atom stereocenters. The smallest absolute Gasteiger partial charge is 0.192 e. The third kappa shape index (κ3) is 2.58. The molecule has 0 radical (unpaired) electrons. The van der Waals surface area contributed by atoms with E-state index in [2.05, 4.69) is 38.8 Å². The molecule has 1 unspecified atom stereocenters. The summed E-state index contributed by atoms with van der Waals surface area (Å²) in [4.78, 5) is 7.70. The average Bonchev–Trinajstić information content (AvgIpc) is 3.03. The van der Waals surface area contributed by atoms with Crippen LogP contribution in [0.15, 0.2) is 45.2 Å². The molecule has 1 aromatic carbocycles. The summed E-state index contributed by atoms with van der Waals surface area (Å²) in [6.07, 6.45) is 0. The van der Waals surface area contributed by atoms with E-state index in [1.54, 1.807) is 17.4 Å². The van der Waals surface area contributed by atoms with E-state index in [1.807, 2.05) is 11.4 Å². The maximum Gasteiger partial charge on any atom is 0.192 e. The quantitative estimate of drug-likeness (QED) is 0.898. The minimum absolute atomic E-state index is 0.258. The maximum absolute atomic E-state index is 13.3. The van der Waals surface area contributed by atoms with Gasteiger partial charge in [0.05, 0.1) is 18.6 Å². The number of hydrogen-bond donors (Lipinski definition) is 1. The number of hydrogen-bond acceptors (Lipinski definition) is 4. The predicted molar refractivity (Wildman–Crippen MR) is 87.8 cm³/mol. The normalized spacial score (nSPS) is 21.7. The molecule has 3 rings (SSSR count). The summed E-state index contributed by atoms with van der Waals surface area (Å²) >= 11 is 5.15. The minimum Gasteiger partial charge on any atom is -0.370 e. The molecule has 0 saturated heterocycles. The second-order valence-corrected chi connectivity index (χ2v) is 7.12. The van der Waals surface area contributed by atoms with Crippen LogP contribution in [-0.4, -0.2) is 17.4 Å². The van der Waals surface area contributed by atoms with Crippen LogP contribution in [0.4, 0.5) is 4.39 Å². The van der Waals surface area contributed by atoms with Crippen LogP contribution in [0.25, 0.3) is 0 Å². The fraction of sp³-hybridized carbons (Fsp3) is 0.267. The third-order valence-electron chi connectivity index (χ3n) is 3.83. The number of thiophene rings is 1. The number of nitrogens with zero attached hydrogens (tertiary/aromatic N) is 2. The van der Waals surface area contributed by atoms with Crippen LogP contribution in [0.5, 0.6) is 0 Å².